The quantitative estimate of drug-likeness (QED) is 0.135. The van der Waals surface area contributed by atoms with Crippen LogP contribution in [-0.4, -0.2) is 23.8 Å². The molecule has 258 valence electrons. The van der Waals surface area contributed by atoms with Crippen LogP contribution < -0.4 is 26.2 Å². The third-order valence-electron chi connectivity index (χ3n) is 8.50. The molecule has 0 saturated carbocycles. The fraction of sp³-hybridized carbons (Fsp3) is 0.150. The monoisotopic (exact) mass is 685 g/mol. The van der Waals surface area contributed by atoms with Crippen LogP contribution in [0.1, 0.15) is 28.7 Å². The number of fused-ring (bicyclic) bond motifs is 1. The Balaban J connectivity index is 1.26. The first kappa shape index (κ1) is 34.5. The van der Waals surface area contributed by atoms with Crippen molar-refractivity contribution in [1.29, 1.82) is 0 Å². The van der Waals surface area contributed by atoms with Crippen LogP contribution in [0.2, 0.25) is 0 Å². The number of carbonyl (C=O) groups excluding carboxylic acids is 4. The van der Waals surface area contributed by atoms with Gasteiger partial charge in [0.25, 0.3) is 0 Å². The van der Waals surface area contributed by atoms with Crippen LogP contribution in [0.4, 0.5) is 31.9 Å². The second-order valence-electron chi connectivity index (χ2n) is 12.0. The predicted octanol–water partition coefficient (Wildman–Crippen LogP) is 6.57. The van der Waals surface area contributed by atoms with Crippen molar-refractivity contribution in [3.63, 3.8) is 0 Å². The van der Waals surface area contributed by atoms with Crippen molar-refractivity contribution in [2.24, 2.45) is 11.7 Å². The molecule has 11 heteroatoms. The molecule has 1 aliphatic rings. The van der Waals surface area contributed by atoms with Gasteiger partial charge in [-0.05, 0) is 59.2 Å². The van der Waals surface area contributed by atoms with E-state index in [1.165, 1.54) is 15.9 Å². The minimum Gasteiger partial charge on any atom is -0.444 e. The first-order chi connectivity index (χ1) is 24.8. The Morgan fingerprint density at radius 3 is 2.08 bits per heavy atom. The van der Waals surface area contributed by atoms with Gasteiger partial charge in [-0.2, -0.15) is 0 Å². The highest BCUT2D eigenvalue weighted by Gasteiger charge is 2.42. The molecule has 0 radical (unpaired) electrons. The van der Waals surface area contributed by atoms with Gasteiger partial charge in [0.2, 0.25) is 17.7 Å². The number of benzene rings is 5. The molecule has 51 heavy (non-hydrogen) atoms. The number of nitrogens with one attached hydrogen (secondary N) is 2. The van der Waals surface area contributed by atoms with E-state index in [-0.39, 0.29) is 25.3 Å². The van der Waals surface area contributed by atoms with Crippen molar-refractivity contribution in [2.75, 3.05) is 15.1 Å². The van der Waals surface area contributed by atoms with E-state index in [0.29, 0.717) is 34.9 Å². The predicted molar refractivity (Wildman–Crippen MR) is 192 cm³/mol. The number of anilines is 4. The normalized spacial score (nSPS) is 14.0. The third kappa shape index (κ3) is 8.28. The fourth-order valence-corrected chi connectivity index (χ4v) is 5.80. The van der Waals surface area contributed by atoms with Crippen molar-refractivity contribution in [2.45, 2.75) is 32.7 Å². The van der Waals surface area contributed by atoms with Gasteiger partial charge in [-0.1, -0.05) is 84.9 Å². The number of carbonyl (C=O) groups is 4. The van der Waals surface area contributed by atoms with Crippen molar-refractivity contribution < 1.29 is 28.3 Å². The van der Waals surface area contributed by atoms with Crippen molar-refractivity contribution in [1.82, 2.24) is 5.32 Å². The highest BCUT2D eigenvalue weighted by molar-refractivity contribution is 6.21. The highest BCUT2D eigenvalue weighted by Crippen LogP contribution is 2.40. The maximum absolute atomic E-state index is 14.4. The summed E-state index contributed by atoms with van der Waals surface area (Å²) in [6.45, 7) is 0.395. The lowest BCUT2D eigenvalue weighted by Gasteiger charge is -2.26. The SMILES string of the molecule is NCc1ccc(N2C(=O)C(CC(=O)NCc3ccccc3F)C(=O)N(Cc3ccc(NC(=O)OCc4ccccc4)cc3)c3ccccc32)cc1. The van der Waals surface area contributed by atoms with E-state index in [0.717, 1.165) is 11.1 Å². The summed E-state index contributed by atoms with van der Waals surface area (Å²) in [6, 6.07) is 36.4. The van der Waals surface area contributed by atoms with E-state index in [2.05, 4.69) is 10.6 Å². The maximum Gasteiger partial charge on any atom is 0.411 e. The lowest BCUT2D eigenvalue weighted by molar-refractivity contribution is -0.136. The van der Waals surface area contributed by atoms with E-state index in [9.17, 15) is 23.6 Å². The molecule has 10 nitrogen and oxygen atoms in total. The minimum absolute atomic E-state index is 0.0646. The van der Waals surface area contributed by atoms with Gasteiger partial charge in [0.05, 0.1) is 17.9 Å². The molecule has 5 aromatic rings. The number of rotatable bonds is 11. The molecular weight excluding hydrogens is 649 g/mol. The number of para-hydroxylation sites is 2. The summed E-state index contributed by atoms with van der Waals surface area (Å²) in [4.78, 5) is 57.4. The van der Waals surface area contributed by atoms with Gasteiger partial charge < -0.3 is 20.7 Å². The molecule has 6 rings (SSSR count). The molecule has 4 amide bonds. The Kier molecular flexibility index (Phi) is 10.8. The molecule has 5 aromatic carbocycles. The molecule has 0 bridgehead atoms. The van der Waals surface area contributed by atoms with Crippen LogP contribution in [0.5, 0.6) is 0 Å². The standard InChI is InChI=1S/C40H36FN5O5/c41-34-11-5-4-10-30(34)24-43-37(47)22-33-38(48)45(25-28-14-18-31(19-15-28)44-40(50)51-26-29-8-2-1-3-9-29)35-12-6-7-13-36(35)46(39(33)49)32-20-16-27(23-42)17-21-32/h1-21,33H,22-26,42H2,(H,43,47)(H,44,50). The smallest absolute Gasteiger partial charge is 0.411 e. The molecule has 0 fully saturated rings. The Labute approximate surface area is 294 Å². The minimum atomic E-state index is -1.40. The first-order valence-corrected chi connectivity index (χ1v) is 16.4. The Bertz CT molecular complexity index is 2020. The van der Waals surface area contributed by atoms with Gasteiger partial charge in [-0.25, -0.2) is 9.18 Å². The van der Waals surface area contributed by atoms with Crippen molar-refractivity contribution in [3.05, 3.63) is 155 Å². The summed E-state index contributed by atoms with van der Waals surface area (Å²) in [6.07, 6.45) is -1.07. The van der Waals surface area contributed by atoms with Crippen molar-refractivity contribution in [3.8, 4) is 0 Å². The summed E-state index contributed by atoms with van der Waals surface area (Å²) in [5.74, 6) is -3.60. The third-order valence-corrected chi connectivity index (χ3v) is 8.50. The van der Waals surface area contributed by atoms with Crippen LogP contribution in [-0.2, 0) is 45.4 Å². The first-order valence-electron chi connectivity index (χ1n) is 16.4. The van der Waals surface area contributed by atoms with Gasteiger partial charge in [0, 0.05) is 36.4 Å². The summed E-state index contributed by atoms with van der Waals surface area (Å²) in [5, 5.41) is 5.37. The molecular formula is C40H36FN5O5. The topological polar surface area (TPSA) is 134 Å². The number of ether oxygens (including phenoxy) is 1. The average molecular weight is 686 g/mol. The van der Waals surface area contributed by atoms with Crippen LogP contribution in [0.25, 0.3) is 0 Å². The summed E-state index contributed by atoms with van der Waals surface area (Å²) >= 11 is 0. The molecule has 1 aliphatic heterocycles. The lowest BCUT2D eigenvalue weighted by Crippen LogP contribution is -2.43. The molecule has 0 saturated heterocycles. The summed E-state index contributed by atoms with van der Waals surface area (Å²) in [5.41, 5.74) is 10.5. The molecule has 1 heterocycles. The van der Waals surface area contributed by atoms with Gasteiger partial charge >= 0.3 is 6.09 Å². The number of amides is 4. The largest absolute Gasteiger partial charge is 0.444 e. The number of nitrogens with two attached hydrogens (primary N) is 1. The second kappa shape index (κ2) is 15.9. The zero-order chi connectivity index (χ0) is 35.7. The summed E-state index contributed by atoms with van der Waals surface area (Å²) in [7, 11) is 0. The van der Waals surface area contributed by atoms with E-state index < -0.39 is 42.0 Å². The fourth-order valence-electron chi connectivity index (χ4n) is 5.80. The lowest BCUT2D eigenvalue weighted by atomic mass is 10.0. The number of nitrogens with zero attached hydrogens (tertiary/aromatic N) is 2. The second-order valence-corrected chi connectivity index (χ2v) is 12.0. The number of halogens is 1. The van der Waals surface area contributed by atoms with Crippen molar-refractivity contribution >= 4 is 46.6 Å². The van der Waals surface area contributed by atoms with Crippen LogP contribution in [0, 0.1) is 11.7 Å². The van der Waals surface area contributed by atoms with E-state index in [1.54, 1.807) is 91.0 Å². The Morgan fingerprint density at radius 1 is 0.725 bits per heavy atom. The van der Waals surface area contributed by atoms with E-state index >= 15 is 0 Å². The Morgan fingerprint density at radius 2 is 1.37 bits per heavy atom. The molecule has 0 aliphatic carbocycles. The van der Waals surface area contributed by atoms with Crippen LogP contribution >= 0.6 is 0 Å². The van der Waals surface area contributed by atoms with Gasteiger partial charge in [0.15, 0.2) is 0 Å². The number of hydrogen-bond acceptors (Lipinski definition) is 6. The molecule has 1 unspecified atom stereocenters. The van der Waals surface area contributed by atoms with Crippen LogP contribution in [0.15, 0.2) is 127 Å². The zero-order valence-electron chi connectivity index (χ0n) is 27.6. The van der Waals surface area contributed by atoms with E-state index in [4.69, 9.17) is 10.5 Å². The molecule has 0 spiro atoms. The summed E-state index contributed by atoms with van der Waals surface area (Å²) < 4.78 is 19.6. The highest BCUT2D eigenvalue weighted by atomic mass is 19.1. The Hall–Kier alpha value is -6.33. The van der Waals surface area contributed by atoms with Gasteiger partial charge in [-0.15, -0.1) is 0 Å². The zero-order valence-corrected chi connectivity index (χ0v) is 27.6. The molecule has 0 aromatic heterocycles. The van der Waals surface area contributed by atoms with Crippen LogP contribution in [0.3, 0.4) is 0 Å². The van der Waals surface area contributed by atoms with E-state index in [1.807, 2.05) is 30.3 Å². The average Bonchev–Trinajstić information content (AvgIpc) is 3.23. The maximum atomic E-state index is 14.4. The number of hydrogen-bond donors (Lipinski definition) is 3. The van der Waals surface area contributed by atoms with Gasteiger partial charge in [0.1, 0.15) is 18.3 Å². The van der Waals surface area contributed by atoms with Gasteiger partial charge in [-0.3, -0.25) is 24.6 Å². The molecule has 4 N–H and O–H groups in total. The molecule has 1 atom stereocenters.